The van der Waals surface area contributed by atoms with Gasteiger partial charge in [-0.25, -0.2) is 9.97 Å². The van der Waals surface area contributed by atoms with Gasteiger partial charge in [-0.05, 0) is 60.5 Å². The van der Waals surface area contributed by atoms with E-state index in [4.69, 9.17) is 9.97 Å². The van der Waals surface area contributed by atoms with Crippen molar-refractivity contribution in [2.24, 2.45) is 0 Å². The second-order valence-electron chi connectivity index (χ2n) is 8.23. The number of aromatic amines is 2. The zero-order chi connectivity index (χ0) is 22.4. The van der Waals surface area contributed by atoms with E-state index in [0.717, 1.165) is 44.6 Å². The molecule has 0 amide bonds. The molecule has 6 aromatic rings. The first-order valence-electron chi connectivity index (χ1n) is 10.7. The summed E-state index contributed by atoms with van der Waals surface area (Å²) in [5, 5.41) is 15.2. The SMILES string of the molecule is CC(C)Nc1cncc(-c2ccc3[nH]nc(-c4nc5c(-c6ccsc6)cccc5[nH]4)c3n2)c1. The van der Waals surface area contributed by atoms with Gasteiger partial charge in [0.25, 0.3) is 0 Å². The van der Waals surface area contributed by atoms with E-state index in [9.17, 15) is 0 Å². The van der Waals surface area contributed by atoms with Gasteiger partial charge in [-0.2, -0.15) is 16.4 Å². The van der Waals surface area contributed by atoms with E-state index in [0.29, 0.717) is 17.6 Å². The van der Waals surface area contributed by atoms with Crippen LogP contribution in [0.2, 0.25) is 0 Å². The number of nitrogens with one attached hydrogen (secondary N) is 3. The van der Waals surface area contributed by atoms with Crippen molar-refractivity contribution in [1.82, 2.24) is 30.1 Å². The highest BCUT2D eigenvalue weighted by Crippen LogP contribution is 2.32. The molecule has 0 spiro atoms. The first-order chi connectivity index (χ1) is 16.2. The summed E-state index contributed by atoms with van der Waals surface area (Å²) in [6.07, 6.45) is 3.65. The number of hydrogen-bond acceptors (Lipinski definition) is 6. The fourth-order valence-electron chi connectivity index (χ4n) is 4.01. The molecular formula is C25H21N7S. The van der Waals surface area contributed by atoms with Crippen molar-refractivity contribution in [1.29, 1.82) is 0 Å². The minimum Gasteiger partial charge on any atom is -0.382 e. The molecular weight excluding hydrogens is 430 g/mol. The molecule has 5 heterocycles. The van der Waals surface area contributed by atoms with Crippen LogP contribution in [-0.2, 0) is 0 Å². The highest BCUT2D eigenvalue weighted by atomic mass is 32.1. The molecule has 0 saturated carbocycles. The Morgan fingerprint density at radius 3 is 2.73 bits per heavy atom. The lowest BCUT2D eigenvalue weighted by Crippen LogP contribution is -2.09. The zero-order valence-electron chi connectivity index (χ0n) is 18.1. The van der Waals surface area contributed by atoms with E-state index in [1.54, 1.807) is 11.3 Å². The second kappa shape index (κ2) is 7.83. The normalized spacial score (nSPS) is 11.6. The van der Waals surface area contributed by atoms with Crippen molar-refractivity contribution >= 4 is 39.1 Å². The van der Waals surface area contributed by atoms with Crippen molar-refractivity contribution < 1.29 is 0 Å². The van der Waals surface area contributed by atoms with E-state index in [1.807, 2.05) is 36.7 Å². The molecule has 33 heavy (non-hydrogen) atoms. The molecule has 0 bridgehead atoms. The van der Waals surface area contributed by atoms with Crippen molar-refractivity contribution in [3.05, 3.63) is 65.6 Å². The average Bonchev–Trinajstić information content (AvgIpc) is 3.57. The zero-order valence-corrected chi connectivity index (χ0v) is 18.9. The number of anilines is 1. The van der Waals surface area contributed by atoms with Gasteiger partial charge in [-0.3, -0.25) is 10.1 Å². The Balaban J connectivity index is 1.45. The average molecular weight is 452 g/mol. The summed E-state index contributed by atoms with van der Waals surface area (Å²) in [6, 6.07) is 14.7. The Morgan fingerprint density at radius 2 is 1.88 bits per heavy atom. The van der Waals surface area contributed by atoms with Crippen LogP contribution >= 0.6 is 11.3 Å². The summed E-state index contributed by atoms with van der Waals surface area (Å²) in [7, 11) is 0. The first-order valence-corrected chi connectivity index (χ1v) is 11.7. The number of aromatic nitrogens is 6. The Kier molecular flexibility index (Phi) is 4.66. The van der Waals surface area contributed by atoms with Crippen LogP contribution in [0.15, 0.2) is 65.6 Å². The number of nitrogens with zero attached hydrogens (tertiary/aromatic N) is 4. The number of imidazole rings is 1. The van der Waals surface area contributed by atoms with Crippen LogP contribution < -0.4 is 5.32 Å². The van der Waals surface area contributed by atoms with E-state index < -0.39 is 0 Å². The lowest BCUT2D eigenvalue weighted by atomic mass is 10.1. The minimum absolute atomic E-state index is 0.324. The number of pyridine rings is 2. The standard InChI is InChI=1S/C25H21N7S/c1-14(2)27-17-10-16(11-26-12-17)19-6-7-21-23(28-19)24(32-31-21)25-29-20-5-3-4-18(22(20)30-25)15-8-9-33-13-15/h3-14,27H,1-2H3,(H,29,30)(H,31,32). The first kappa shape index (κ1) is 19.6. The maximum Gasteiger partial charge on any atom is 0.161 e. The molecule has 0 radical (unpaired) electrons. The fourth-order valence-corrected chi connectivity index (χ4v) is 4.67. The van der Waals surface area contributed by atoms with Crippen LogP contribution in [0.25, 0.3) is 56.0 Å². The highest BCUT2D eigenvalue weighted by molar-refractivity contribution is 7.08. The molecule has 8 heteroatoms. The van der Waals surface area contributed by atoms with Gasteiger partial charge in [0.1, 0.15) is 5.52 Å². The van der Waals surface area contributed by atoms with Gasteiger partial charge in [0.05, 0.1) is 27.9 Å². The van der Waals surface area contributed by atoms with Crippen molar-refractivity contribution in [3.8, 4) is 33.9 Å². The Hall–Kier alpha value is -4.04. The number of benzene rings is 1. The number of H-pyrrole nitrogens is 2. The third-order valence-corrected chi connectivity index (χ3v) is 6.15. The molecule has 0 saturated heterocycles. The molecule has 5 aromatic heterocycles. The summed E-state index contributed by atoms with van der Waals surface area (Å²) in [5.41, 5.74) is 9.23. The third-order valence-electron chi connectivity index (χ3n) is 5.47. The molecule has 3 N–H and O–H groups in total. The fraction of sp³-hybridized carbons (Fsp3) is 0.120. The second-order valence-corrected chi connectivity index (χ2v) is 9.01. The monoisotopic (exact) mass is 451 g/mol. The molecule has 0 atom stereocenters. The number of hydrogen-bond donors (Lipinski definition) is 3. The third kappa shape index (κ3) is 3.54. The summed E-state index contributed by atoms with van der Waals surface area (Å²) in [5.74, 6) is 0.692. The van der Waals surface area contributed by atoms with Crippen LogP contribution in [0.3, 0.4) is 0 Å². The highest BCUT2D eigenvalue weighted by Gasteiger charge is 2.17. The lowest BCUT2D eigenvalue weighted by Gasteiger charge is -2.10. The van der Waals surface area contributed by atoms with Gasteiger partial charge in [-0.1, -0.05) is 12.1 Å². The van der Waals surface area contributed by atoms with Gasteiger partial charge in [0, 0.05) is 29.6 Å². The van der Waals surface area contributed by atoms with E-state index in [1.165, 1.54) is 5.56 Å². The minimum atomic E-state index is 0.324. The predicted molar refractivity (Wildman–Crippen MR) is 134 cm³/mol. The van der Waals surface area contributed by atoms with Crippen LogP contribution in [-0.4, -0.2) is 36.2 Å². The van der Waals surface area contributed by atoms with E-state index >= 15 is 0 Å². The molecule has 1 aromatic carbocycles. The lowest BCUT2D eigenvalue weighted by molar-refractivity contribution is 0.898. The number of fused-ring (bicyclic) bond motifs is 2. The molecule has 0 aliphatic carbocycles. The molecule has 7 nitrogen and oxygen atoms in total. The Morgan fingerprint density at radius 1 is 0.939 bits per heavy atom. The quantitative estimate of drug-likeness (QED) is 0.294. The summed E-state index contributed by atoms with van der Waals surface area (Å²) >= 11 is 1.68. The van der Waals surface area contributed by atoms with Crippen molar-refractivity contribution in [3.63, 3.8) is 0 Å². The van der Waals surface area contributed by atoms with E-state index in [2.05, 4.69) is 68.3 Å². The summed E-state index contributed by atoms with van der Waals surface area (Å²) < 4.78 is 0. The van der Waals surface area contributed by atoms with Gasteiger partial charge >= 0.3 is 0 Å². The van der Waals surface area contributed by atoms with Gasteiger partial charge in [0.2, 0.25) is 0 Å². The summed E-state index contributed by atoms with van der Waals surface area (Å²) in [4.78, 5) is 17.7. The molecule has 6 rings (SSSR count). The Bertz CT molecular complexity index is 1580. The molecule has 0 aliphatic heterocycles. The molecule has 0 unspecified atom stereocenters. The van der Waals surface area contributed by atoms with Gasteiger partial charge in [0.15, 0.2) is 11.5 Å². The maximum atomic E-state index is 4.92. The number of thiophene rings is 1. The molecule has 0 aliphatic rings. The molecule has 162 valence electrons. The largest absolute Gasteiger partial charge is 0.382 e. The predicted octanol–water partition coefficient (Wildman–Crippen LogP) is 6.11. The van der Waals surface area contributed by atoms with Crippen LogP contribution in [0, 0.1) is 0 Å². The van der Waals surface area contributed by atoms with Crippen molar-refractivity contribution in [2.45, 2.75) is 19.9 Å². The van der Waals surface area contributed by atoms with Crippen LogP contribution in [0.4, 0.5) is 5.69 Å². The van der Waals surface area contributed by atoms with Gasteiger partial charge in [-0.15, -0.1) is 0 Å². The number of para-hydroxylation sites is 1. The van der Waals surface area contributed by atoms with E-state index in [-0.39, 0.29) is 0 Å². The summed E-state index contributed by atoms with van der Waals surface area (Å²) in [6.45, 7) is 4.21. The Labute approximate surface area is 194 Å². The smallest absolute Gasteiger partial charge is 0.161 e. The molecule has 0 fully saturated rings. The van der Waals surface area contributed by atoms with Gasteiger partial charge < -0.3 is 10.3 Å². The van der Waals surface area contributed by atoms with Crippen LogP contribution in [0.1, 0.15) is 13.8 Å². The van der Waals surface area contributed by atoms with Crippen molar-refractivity contribution in [2.75, 3.05) is 5.32 Å². The number of rotatable bonds is 5. The maximum absolute atomic E-state index is 4.92. The topological polar surface area (TPSA) is 95.2 Å². The van der Waals surface area contributed by atoms with Crippen LogP contribution in [0.5, 0.6) is 0 Å².